The third-order valence-electron chi connectivity index (χ3n) is 6.94. The van der Waals surface area contributed by atoms with Crippen LogP contribution >= 0.6 is 0 Å². The molecule has 4 nitrogen and oxygen atoms in total. The number of amides is 1. The van der Waals surface area contributed by atoms with E-state index in [2.05, 4.69) is 28.9 Å². The van der Waals surface area contributed by atoms with Gasteiger partial charge in [0.05, 0.1) is 12.1 Å². The third-order valence-corrected chi connectivity index (χ3v) is 6.94. The summed E-state index contributed by atoms with van der Waals surface area (Å²) in [6, 6.07) is 8.71. The molecule has 4 aliphatic rings. The number of hydrogen-bond donors (Lipinski definition) is 2. The van der Waals surface area contributed by atoms with Gasteiger partial charge in [-0.1, -0.05) is 25.1 Å². The predicted molar refractivity (Wildman–Crippen MR) is 97.2 cm³/mol. The Balaban J connectivity index is 1.36. The number of piperidine rings is 2. The van der Waals surface area contributed by atoms with E-state index < -0.39 is 0 Å². The van der Waals surface area contributed by atoms with Gasteiger partial charge in [-0.25, -0.2) is 0 Å². The minimum atomic E-state index is -0.305. The van der Waals surface area contributed by atoms with Crippen LogP contribution in [0.5, 0.6) is 0 Å². The lowest BCUT2D eigenvalue weighted by Crippen LogP contribution is -2.66. The normalized spacial score (nSPS) is 34.6. The highest BCUT2D eigenvalue weighted by molar-refractivity contribution is 5.85. The number of aliphatic hydroxyl groups is 1. The molecule has 2 saturated heterocycles. The van der Waals surface area contributed by atoms with Gasteiger partial charge in [0, 0.05) is 29.6 Å². The summed E-state index contributed by atoms with van der Waals surface area (Å²) < 4.78 is 0. The number of nitrogens with zero attached hydrogens (tertiary/aromatic N) is 1. The van der Waals surface area contributed by atoms with Crippen LogP contribution in [0.15, 0.2) is 30.5 Å². The van der Waals surface area contributed by atoms with Crippen LogP contribution in [0.1, 0.15) is 50.5 Å². The first-order valence-corrected chi connectivity index (χ1v) is 9.67. The van der Waals surface area contributed by atoms with Crippen LogP contribution in [0.4, 0.5) is 0 Å². The first kappa shape index (κ1) is 15.4. The number of aromatic nitrogens is 1. The molecule has 6 rings (SSSR count). The van der Waals surface area contributed by atoms with Gasteiger partial charge in [-0.2, -0.15) is 0 Å². The van der Waals surface area contributed by atoms with Gasteiger partial charge in [0.2, 0.25) is 5.91 Å². The van der Waals surface area contributed by atoms with Crippen molar-refractivity contribution in [3.63, 3.8) is 0 Å². The highest BCUT2D eigenvalue weighted by atomic mass is 16.3. The maximum Gasteiger partial charge on any atom is 0.223 e. The maximum absolute atomic E-state index is 13.1. The Bertz CT molecular complexity index is 813. The zero-order chi connectivity index (χ0) is 17.1. The molecular formula is C21H26N2O2. The van der Waals surface area contributed by atoms with Crippen molar-refractivity contribution in [2.45, 2.75) is 63.1 Å². The second-order valence-corrected chi connectivity index (χ2v) is 8.48. The van der Waals surface area contributed by atoms with Crippen molar-refractivity contribution in [2.75, 3.05) is 0 Å². The average Bonchev–Trinajstić information content (AvgIpc) is 3.03. The number of carbonyl (C=O) groups is 1. The SMILES string of the molecule is CC(CC(=O)N1C2CC3CC(C2)C(O)C1C3)c1c[nH]c2ccccc12. The van der Waals surface area contributed by atoms with Gasteiger partial charge in [0.25, 0.3) is 0 Å². The number of carbonyl (C=O) groups excluding carboxylic acids is 1. The number of aliphatic hydroxyl groups excluding tert-OH is 1. The molecule has 1 aromatic carbocycles. The summed E-state index contributed by atoms with van der Waals surface area (Å²) in [6.07, 6.45) is 6.58. The molecule has 132 valence electrons. The summed E-state index contributed by atoms with van der Waals surface area (Å²) in [5.41, 5.74) is 2.34. The molecule has 3 heterocycles. The Morgan fingerprint density at radius 2 is 2.12 bits per heavy atom. The third kappa shape index (κ3) is 2.34. The minimum Gasteiger partial charge on any atom is -0.391 e. The first-order valence-electron chi connectivity index (χ1n) is 9.67. The van der Waals surface area contributed by atoms with Crippen LogP contribution in [0.2, 0.25) is 0 Å². The summed E-state index contributed by atoms with van der Waals surface area (Å²) in [4.78, 5) is 18.5. The number of rotatable bonds is 3. The molecule has 1 aromatic heterocycles. The largest absolute Gasteiger partial charge is 0.391 e. The van der Waals surface area contributed by atoms with Crippen molar-refractivity contribution < 1.29 is 9.90 Å². The molecule has 4 fully saturated rings. The van der Waals surface area contributed by atoms with Crippen LogP contribution in [-0.4, -0.2) is 39.1 Å². The monoisotopic (exact) mass is 338 g/mol. The van der Waals surface area contributed by atoms with Crippen LogP contribution in [0, 0.1) is 11.8 Å². The van der Waals surface area contributed by atoms with Gasteiger partial charge in [0.1, 0.15) is 0 Å². The smallest absolute Gasteiger partial charge is 0.223 e. The standard InChI is InChI=1S/C21H26N2O2/c1-12(17-11-22-18-5-3-2-4-16(17)18)6-20(24)23-15-8-13-7-14(10-15)21(25)19(23)9-13/h2-5,11-15,19,21-22,25H,6-10H2,1H3. The molecule has 4 bridgehead atoms. The summed E-state index contributed by atoms with van der Waals surface area (Å²) in [6.45, 7) is 2.14. The number of hydrogen-bond acceptors (Lipinski definition) is 2. The Morgan fingerprint density at radius 1 is 1.28 bits per heavy atom. The van der Waals surface area contributed by atoms with Gasteiger partial charge in [-0.05, 0) is 55.1 Å². The fourth-order valence-corrected chi connectivity index (χ4v) is 5.86. The van der Waals surface area contributed by atoms with Crippen molar-refractivity contribution in [1.29, 1.82) is 0 Å². The van der Waals surface area contributed by atoms with E-state index in [1.54, 1.807) is 0 Å². The number of para-hydroxylation sites is 1. The summed E-state index contributed by atoms with van der Waals surface area (Å²) in [5.74, 6) is 1.56. The molecule has 6 atom stereocenters. The lowest BCUT2D eigenvalue weighted by Gasteiger charge is -2.58. The molecule has 25 heavy (non-hydrogen) atoms. The van der Waals surface area contributed by atoms with E-state index in [4.69, 9.17) is 0 Å². The number of fused-ring (bicyclic) bond motifs is 1. The molecule has 2 aliphatic carbocycles. The van der Waals surface area contributed by atoms with Gasteiger partial charge in [0.15, 0.2) is 0 Å². The van der Waals surface area contributed by atoms with Crippen LogP contribution in [0.25, 0.3) is 10.9 Å². The molecular weight excluding hydrogens is 312 g/mol. The number of H-pyrrole nitrogens is 1. The Kier molecular flexibility index (Phi) is 3.46. The van der Waals surface area contributed by atoms with Gasteiger partial charge in [-0.3, -0.25) is 4.79 Å². The lowest BCUT2D eigenvalue weighted by molar-refractivity contribution is -0.168. The highest BCUT2D eigenvalue weighted by Crippen LogP contribution is 2.49. The minimum absolute atomic E-state index is 0.0684. The average molecular weight is 338 g/mol. The first-order chi connectivity index (χ1) is 12.1. The van der Waals surface area contributed by atoms with Crippen LogP contribution in [0.3, 0.4) is 0 Å². The quantitative estimate of drug-likeness (QED) is 0.901. The number of benzene rings is 1. The lowest BCUT2D eigenvalue weighted by atomic mass is 9.62. The summed E-state index contributed by atoms with van der Waals surface area (Å²) >= 11 is 0. The second-order valence-electron chi connectivity index (χ2n) is 8.48. The molecule has 1 amide bonds. The molecule has 2 saturated carbocycles. The Hall–Kier alpha value is -1.81. The number of nitrogens with one attached hydrogen (secondary N) is 1. The van der Waals surface area contributed by atoms with Crippen molar-refractivity contribution in [1.82, 2.24) is 9.88 Å². The van der Waals surface area contributed by atoms with Crippen molar-refractivity contribution in [3.05, 3.63) is 36.0 Å². The van der Waals surface area contributed by atoms with E-state index >= 15 is 0 Å². The number of aromatic amines is 1. The predicted octanol–water partition coefficient (Wildman–Crippen LogP) is 3.42. The Morgan fingerprint density at radius 3 is 3.00 bits per heavy atom. The Labute approximate surface area is 148 Å². The molecule has 2 aromatic rings. The van der Waals surface area contributed by atoms with E-state index in [1.165, 1.54) is 17.4 Å². The van der Waals surface area contributed by atoms with Crippen molar-refractivity contribution in [2.24, 2.45) is 11.8 Å². The fraction of sp³-hybridized carbons (Fsp3) is 0.571. The van der Waals surface area contributed by atoms with Crippen LogP contribution < -0.4 is 0 Å². The summed E-state index contributed by atoms with van der Waals surface area (Å²) in [7, 11) is 0. The molecule has 6 unspecified atom stereocenters. The van der Waals surface area contributed by atoms with E-state index in [0.29, 0.717) is 18.4 Å². The molecule has 0 radical (unpaired) electrons. The topological polar surface area (TPSA) is 56.3 Å². The zero-order valence-electron chi connectivity index (χ0n) is 14.7. The van der Waals surface area contributed by atoms with E-state index in [9.17, 15) is 9.90 Å². The van der Waals surface area contributed by atoms with Gasteiger partial charge in [-0.15, -0.1) is 0 Å². The molecule has 4 heteroatoms. The van der Waals surface area contributed by atoms with Crippen molar-refractivity contribution >= 4 is 16.8 Å². The van der Waals surface area contributed by atoms with Crippen molar-refractivity contribution in [3.8, 4) is 0 Å². The molecule has 0 spiro atoms. The maximum atomic E-state index is 13.1. The van der Waals surface area contributed by atoms with Gasteiger partial charge < -0.3 is 15.0 Å². The second kappa shape index (κ2) is 5.60. The van der Waals surface area contributed by atoms with E-state index in [0.717, 1.165) is 30.7 Å². The molecule has 2 N–H and O–H groups in total. The van der Waals surface area contributed by atoms with E-state index in [1.807, 2.05) is 18.3 Å². The highest BCUT2D eigenvalue weighted by Gasteiger charge is 2.53. The van der Waals surface area contributed by atoms with E-state index in [-0.39, 0.29) is 24.0 Å². The molecule has 2 aliphatic heterocycles. The zero-order valence-corrected chi connectivity index (χ0v) is 14.7. The van der Waals surface area contributed by atoms with Gasteiger partial charge >= 0.3 is 0 Å². The van der Waals surface area contributed by atoms with Crippen LogP contribution in [-0.2, 0) is 4.79 Å². The summed E-state index contributed by atoms with van der Waals surface area (Å²) in [5, 5.41) is 11.8. The fourth-order valence-electron chi connectivity index (χ4n) is 5.86.